The molecular formula is C17H15NO4S. The Hall–Kier alpha value is -2.34. The molecular weight excluding hydrogens is 314 g/mol. The molecule has 1 atom stereocenters. The van der Waals surface area contributed by atoms with Gasteiger partial charge in [0.1, 0.15) is 11.1 Å². The van der Waals surface area contributed by atoms with Gasteiger partial charge in [0.2, 0.25) is 12.7 Å². The van der Waals surface area contributed by atoms with E-state index in [4.69, 9.17) is 14.2 Å². The number of hydrogen-bond donors (Lipinski definition) is 0. The number of rotatable bonds is 3. The van der Waals surface area contributed by atoms with Gasteiger partial charge in [-0.05, 0) is 42.0 Å². The van der Waals surface area contributed by atoms with Crippen LogP contribution in [0, 0.1) is 0 Å². The summed E-state index contributed by atoms with van der Waals surface area (Å²) < 4.78 is 16.0. The standard InChI is InChI=1S/C17H15NO4S/c1-20-13-5-3-12(4-6-13)18-16(19)9-23-17(18)11-2-7-14-15(8-11)22-10-21-14/h2-8,17H,9-10H2,1H3/t17-/m0/s1. The molecule has 1 saturated heterocycles. The second-order valence-corrected chi connectivity index (χ2v) is 6.31. The van der Waals surface area contributed by atoms with Crippen LogP contribution in [0.1, 0.15) is 10.9 Å². The molecule has 0 N–H and O–H groups in total. The molecule has 0 unspecified atom stereocenters. The van der Waals surface area contributed by atoms with Crippen molar-refractivity contribution in [2.75, 3.05) is 24.6 Å². The number of anilines is 1. The molecule has 6 heteroatoms. The topological polar surface area (TPSA) is 48.0 Å². The maximum absolute atomic E-state index is 12.4. The first-order valence-electron chi connectivity index (χ1n) is 7.23. The molecule has 2 aliphatic heterocycles. The van der Waals surface area contributed by atoms with E-state index in [0.29, 0.717) is 5.75 Å². The molecule has 0 saturated carbocycles. The SMILES string of the molecule is COc1ccc(N2C(=O)CS[C@H]2c2ccc3c(c2)OCO3)cc1. The summed E-state index contributed by atoms with van der Waals surface area (Å²) in [5.74, 6) is 2.82. The summed E-state index contributed by atoms with van der Waals surface area (Å²) in [7, 11) is 1.63. The van der Waals surface area contributed by atoms with Crippen molar-refractivity contribution in [3.8, 4) is 17.2 Å². The first-order valence-corrected chi connectivity index (χ1v) is 8.28. The van der Waals surface area contributed by atoms with Crippen molar-refractivity contribution in [1.29, 1.82) is 0 Å². The fourth-order valence-electron chi connectivity index (χ4n) is 2.76. The molecule has 2 aromatic rings. The van der Waals surface area contributed by atoms with Crippen LogP contribution in [0.2, 0.25) is 0 Å². The summed E-state index contributed by atoms with van der Waals surface area (Å²) >= 11 is 1.61. The van der Waals surface area contributed by atoms with E-state index in [1.54, 1.807) is 18.9 Å². The van der Waals surface area contributed by atoms with Crippen molar-refractivity contribution < 1.29 is 19.0 Å². The van der Waals surface area contributed by atoms with Gasteiger partial charge < -0.3 is 14.2 Å². The van der Waals surface area contributed by atoms with Gasteiger partial charge in [-0.2, -0.15) is 0 Å². The molecule has 0 aromatic heterocycles. The van der Waals surface area contributed by atoms with Crippen LogP contribution in [0.5, 0.6) is 17.2 Å². The molecule has 0 bridgehead atoms. The Kier molecular flexibility index (Phi) is 3.53. The summed E-state index contributed by atoms with van der Waals surface area (Å²) in [6.07, 6.45) is 0. The van der Waals surface area contributed by atoms with E-state index >= 15 is 0 Å². The van der Waals surface area contributed by atoms with Crippen LogP contribution in [0.25, 0.3) is 0 Å². The third-order valence-corrected chi connectivity index (χ3v) is 5.11. The van der Waals surface area contributed by atoms with Crippen molar-refractivity contribution >= 4 is 23.4 Å². The van der Waals surface area contributed by atoms with Crippen molar-refractivity contribution in [2.45, 2.75) is 5.37 Å². The quantitative estimate of drug-likeness (QED) is 0.865. The first kappa shape index (κ1) is 14.3. The van der Waals surface area contributed by atoms with E-state index in [9.17, 15) is 4.79 Å². The van der Waals surface area contributed by atoms with Crippen LogP contribution in [-0.4, -0.2) is 25.6 Å². The Morgan fingerprint density at radius 3 is 2.70 bits per heavy atom. The van der Waals surface area contributed by atoms with Crippen molar-refractivity contribution in [1.82, 2.24) is 0 Å². The highest BCUT2D eigenvalue weighted by Crippen LogP contribution is 2.44. The zero-order valence-electron chi connectivity index (χ0n) is 12.5. The molecule has 5 nitrogen and oxygen atoms in total. The summed E-state index contributed by atoms with van der Waals surface area (Å²) in [5, 5.41) is -0.0644. The number of methoxy groups -OCH3 is 1. The molecule has 2 heterocycles. The van der Waals surface area contributed by atoms with Gasteiger partial charge in [0.05, 0.1) is 12.9 Å². The van der Waals surface area contributed by atoms with Gasteiger partial charge in [0.15, 0.2) is 11.5 Å². The van der Waals surface area contributed by atoms with Gasteiger partial charge >= 0.3 is 0 Å². The normalized spacial score (nSPS) is 19.3. The molecule has 118 valence electrons. The zero-order chi connectivity index (χ0) is 15.8. The lowest BCUT2D eigenvalue weighted by atomic mass is 10.1. The smallest absolute Gasteiger partial charge is 0.238 e. The van der Waals surface area contributed by atoms with Crippen LogP contribution in [0.3, 0.4) is 0 Å². The van der Waals surface area contributed by atoms with Crippen LogP contribution in [0.15, 0.2) is 42.5 Å². The van der Waals surface area contributed by atoms with Gasteiger partial charge in [-0.1, -0.05) is 6.07 Å². The lowest BCUT2D eigenvalue weighted by Gasteiger charge is -2.24. The van der Waals surface area contributed by atoms with Gasteiger partial charge in [0.25, 0.3) is 0 Å². The Morgan fingerprint density at radius 2 is 1.91 bits per heavy atom. The summed E-state index contributed by atoms with van der Waals surface area (Å²) in [6.45, 7) is 0.248. The lowest BCUT2D eigenvalue weighted by Crippen LogP contribution is -2.27. The molecule has 0 aliphatic carbocycles. The highest BCUT2D eigenvalue weighted by molar-refractivity contribution is 8.00. The average molecular weight is 329 g/mol. The highest BCUT2D eigenvalue weighted by Gasteiger charge is 2.34. The van der Waals surface area contributed by atoms with Crippen LogP contribution in [0.4, 0.5) is 5.69 Å². The van der Waals surface area contributed by atoms with Gasteiger partial charge in [-0.25, -0.2) is 0 Å². The maximum atomic E-state index is 12.4. The molecule has 0 radical (unpaired) electrons. The third kappa shape index (κ3) is 2.49. The second-order valence-electron chi connectivity index (χ2n) is 5.24. The van der Waals surface area contributed by atoms with Crippen molar-refractivity contribution in [3.63, 3.8) is 0 Å². The summed E-state index contributed by atoms with van der Waals surface area (Å²) in [6, 6.07) is 13.4. The average Bonchev–Trinajstić information content (AvgIpc) is 3.20. The number of carbonyl (C=O) groups excluding carboxylic acids is 1. The molecule has 1 amide bonds. The minimum Gasteiger partial charge on any atom is -0.497 e. The molecule has 1 fully saturated rings. The number of carbonyl (C=O) groups is 1. The molecule has 2 aromatic carbocycles. The number of fused-ring (bicyclic) bond motifs is 1. The number of nitrogens with zero attached hydrogens (tertiary/aromatic N) is 1. The van der Waals surface area contributed by atoms with Crippen molar-refractivity contribution in [3.05, 3.63) is 48.0 Å². The van der Waals surface area contributed by atoms with Gasteiger partial charge in [-0.3, -0.25) is 9.69 Å². The third-order valence-electron chi connectivity index (χ3n) is 3.90. The van der Waals surface area contributed by atoms with E-state index in [0.717, 1.165) is 28.5 Å². The highest BCUT2D eigenvalue weighted by atomic mass is 32.2. The zero-order valence-corrected chi connectivity index (χ0v) is 13.3. The van der Waals surface area contributed by atoms with E-state index in [1.165, 1.54) is 0 Å². The number of ether oxygens (including phenoxy) is 3. The number of thioether (sulfide) groups is 1. The number of amides is 1. The second kappa shape index (κ2) is 5.70. The van der Waals surface area contributed by atoms with Crippen molar-refractivity contribution in [2.24, 2.45) is 0 Å². The Labute approximate surface area is 138 Å². The molecule has 0 spiro atoms. The Balaban J connectivity index is 1.68. The van der Waals surface area contributed by atoms with Crippen LogP contribution < -0.4 is 19.1 Å². The van der Waals surface area contributed by atoms with E-state index in [2.05, 4.69) is 0 Å². The Bertz CT molecular complexity index is 747. The molecule has 4 rings (SSSR count). The number of hydrogen-bond acceptors (Lipinski definition) is 5. The summed E-state index contributed by atoms with van der Waals surface area (Å²) in [4.78, 5) is 14.2. The largest absolute Gasteiger partial charge is 0.497 e. The fraction of sp³-hybridized carbons (Fsp3) is 0.235. The molecule has 2 aliphatic rings. The maximum Gasteiger partial charge on any atom is 0.238 e. The predicted octanol–water partition coefficient (Wildman–Crippen LogP) is 3.20. The fourth-order valence-corrected chi connectivity index (χ4v) is 3.93. The lowest BCUT2D eigenvalue weighted by molar-refractivity contribution is -0.115. The predicted molar refractivity (Wildman–Crippen MR) is 88.2 cm³/mol. The monoisotopic (exact) mass is 329 g/mol. The van der Waals surface area contributed by atoms with E-state index in [-0.39, 0.29) is 18.1 Å². The van der Waals surface area contributed by atoms with Crippen LogP contribution >= 0.6 is 11.8 Å². The van der Waals surface area contributed by atoms with Gasteiger partial charge in [-0.15, -0.1) is 11.8 Å². The number of benzene rings is 2. The van der Waals surface area contributed by atoms with Crippen LogP contribution in [-0.2, 0) is 4.79 Å². The minimum absolute atomic E-state index is 0.0644. The van der Waals surface area contributed by atoms with E-state index < -0.39 is 0 Å². The van der Waals surface area contributed by atoms with E-state index in [1.807, 2.05) is 47.4 Å². The molecule has 23 heavy (non-hydrogen) atoms. The minimum atomic E-state index is -0.0644. The van der Waals surface area contributed by atoms with Gasteiger partial charge in [0, 0.05) is 5.69 Å². The summed E-state index contributed by atoms with van der Waals surface area (Å²) in [5.41, 5.74) is 1.89. The Morgan fingerprint density at radius 1 is 1.13 bits per heavy atom. The first-order chi connectivity index (χ1) is 11.3.